The molecule has 1 spiro atoms. The van der Waals surface area contributed by atoms with Crippen LogP contribution in [-0.2, 0) is 5.66 Å². The first kappa shape index (κ1) is 11.9. The van der Waals surface area contributed by atoms with Crippen molar-refractivity contribution in [3.8, 4) is 0 Å². The lowest BCUT2D eigenvalue weighted by Gasteiger charge is -2.38. The van der Waals surface area contributed by atoms with E-state index in [9.17, 15) is 14.0 Å². The zero-order chi connectivity index (χ0) is 12.9. The quantitative estimate of drug-likeness (QED) is 0.690. The van der Waals surface area contributed by atoms with E-state index in [-0.39, 0.29) is 11.6 Å². The Hall–Kier alpha value is -1.17. The van der Waals surface area contributed by atoms with Crippen LogP contribution in [0.25, 0.3) is 0 Å². The van der Waals surface area contributed by atoms with Crippen molar-refractivity contribution in [3.63, 3.8) is 0 Å². The number of hydrogen-bond donors (Lipinski definition) is 0. The summed E-state index contributed by atoms with van der Waals surface area (Å²) in [7, 11) is 0. The molecule has 1 aromatic rings. The van der Waals surface area contributed by atoms with Gasteiger partial charge in [0.05, 0.1) is 16.1 Å². The molecule has 1 saturated carbocycles. The van der Waals surface area contributed by atoms with Gasteiger partial charge in [0.1, 0.15) is 17.2 Å². The predicted octanol–water partition coefficient (Wildman–Crippen LogP) is 2.37. The summed E-state index contributed by atoms with van der Waals surface area (Å²) >= 11 is 3.26. The molecule has 4 nitrogen and oxygen atoms in total. The first-order valence-electron chi connectivity index (χ1n) is 6.00. The molecule has 0 bridgehead atoms. The number of carbonyl (C=O) groups excluding carboxylic acids is 1. The highest BCUT2D eigenvalue weighted by Crippen LogP contribution is 2.44. The molecular formula is C12H12BrFN2O2. The molecule has 1 aliphatic heterocycles. The summed E-state index contributed by atoms with van der Waals surface area (Å²) < 4.78 is 16.2. The van der Waals surface area contributed by atoms with Crippen LogP contribution in [0.3, 0.4) is 0 Å². The molecule has 0 N–H and O–H groups in total. The minimum atomic E-state index is -0.659. The topological polar surface area (TPSA) is 42.3 Å². The average Bonchev–Trinajstić information content (AvgIpc) is 2.54. The highest BCUT2D eigenvalue weighted by Gasteiger charge is 2.50. The third-order valence-electron chi connectivity index (χ3n) is 3.83. The number of aromatic nitrogens is 1. The molecule has 0 aromatic carbocycles. The summed E-state index contributed by atoms with van der Waals surface area (Å²) in [6.45, 7) is 0. The maximum atomic E-state index is 13.3. The monoisotopic (exact) mass is 314 g/mol. The molecule has 0 atom stereocenters. The van der Waals surface area contributed by atoms with Crippen LogP contribution in [0.5, 0.6) is 0 Å². The van der Waals surface area contributed by atoms with E-state index in [1.165, 1.54) is 8.49 Å². The Kier molecular flexibility index (Phi) is 2.59. The molecule has 0 unspecified atom stereocenters. The number of amides is 1. The van der Waals surface area contributed by atoms with Crippen LogP contribution < -0.4 is 5.56 Å². The number of nitrogens with zero attached hydrogens (tertiary/aromatic N) is 2. The second-order valence-corrected chi connectivity index (χ2v) is 5.57. The van der Waals surface area contributed by atoms with Gasteiger partial charge in [-0.05, 0) is 25.7 Å². The number of fused-ring (bicyclic) bond motifs is 2. The van der Waals surface area contributed by atoms with Crippen molar-refractivity contribution >= 4 is 22.1 Å². The van der Waals surface area contributed by atoms with Gasteiger partial charge in [0, 0.05) is 12.1 Å². The van der Waals surface area contributed by atoms with Gasteiger partial charge < -0.3 is 0 Å². The zero-order valence-electron chi connectivity index (χ0n) is 9.66. The van der Waals surface area contributed by atoms with Crippen molar-refractivity contribution in [2.24, 2.45) is 0 Å². The van der Waals surface area contributed by atoms with E-state index < -0.39 is 17.0 Å². The fourth-order valence-corrected chi connectivity index (χ4v) is 3.73. The fraction of sp³-hybridized carbons (Fsp3) is 0.500. The van der Waals surface area contributed by atoms with Crippen LogP contribution in [0.1, 0.15) is 42.6 Å². The van der Waals surface area contributed by atoms with Crippen molar-refractivity contribution in [2.75, 3.05) is 0 Å². The molecule has 18 heavy (non-hydrogen) atoms. The van der Waals surface area contributed by atoms with Crippen LogP contribution in [0.15, 0.2) is 16.9 Å². The van der Waals surface area contributed by atoms with Gasteiger partial charge in [0.15, 0.2) is 0 Å². The van der Waals surface area contributed by atoms with Crippen molar-refractivity contribution in [2.45, 2.75) is 37.8 Å². The molecule has 1 aromatic heterocycles. The molecule has 0 saturated heterocycles. The van der Waals surface area contributed by atoms with Crippen molar-refractivity contribution in [1.82, 2.24) is 8.49 Å². The Bertz CT molecular complexity index is 578. The molecule has 2 aliphatic rings. The number of hydrogen-bond acceptors (Lipinski definition) is 2. The Labute approximate surface area is 112 Å². The number of pyridine rings is 1. The van der Waals surface area contributed by atoms with Crippen LogP contribution >= 0.6 is 16.1 Å². The van der Waals surface area contributed by atoms with Crippen molar-refractivity contribution in [3.05, 3.63) is 34.0 Å². The van der Waals surface area contributed by atoms with E-state index in [1.54, 1.807) is 0 Å². The molecule has 1 amide bonds. The van der Waals surface area contributed by atoms with Crippen LogP contribution in [-0.4, -0.2) is 14.4 Å². The lowest BCUT2D eigenvalue weighted by atomic mass is 9.89. The van der Waals surface area contributed by atoms with Gasteiger partial charge in [-0.15, -0.1) is 0 Å². The Balaban J connectivity index is 2.27. The molecule has 6 heteroatoms. The lowest BCUT2D eigenvalue weighted by molar-refractivity contribution is 0.0616. The summed E-state index contributed by atoms with van der Waals surface area (Å²) in [5, 5.41) is 0. The average molecular weight is 315 g/mol. The molecule has 0 radical (unpaired) electrons. The van der Waals surface area contributed by atoms with Crippen LogP contribution in [0, 0.1) is 5.82 Å². The minimum absolute atomic E-state index is 0.138. The minimum Gasteiger partial charge on any atom is -0.279 e. The highest BCUT2D eigenvalue weighted by atomic mass is 79.9. The zero-order valence-corrected chi connectivity index (χ0v) is 11.2. The summed E-state index contributed by atoms with van der Waals surface area (Å²) in [4.78, 5) is 24.1. The number of halogens is 2. The molecule has 1 fully saturated rings. The maximum Gasteiger partial charge on any atom is 0.282 e. The van der Waals surface area contributed by atoms with E-state index in [2.05, 4.69) is 16.1 Å². The SMILES string of the molecule is O=C1c2cc(F)cc(=O)n2C2(CCCCC2)N1Br. The maximum absolute atomic E-state index is 13.3. The van der Waals surface area contributed by atoms with E-state index in [0.717, 1.165) is 44.2 Å². The van der Waals surface area contributed by atoms with E-state index in [0.29, 0.717) is 0 Å². The van der Waals surface area contributed by atoms with Crippen LogP contribution in [0.2, 0.25) is 0 Å². The number of carbonyl (C=O) groups is 1. The van der Waals surface area contributed by atoms with Gasteiger partial charge in [-0.2, -0.15) is 0 Å². The van der Waals surface area contributed by atoms with Gasteiger partial charge in [-0.1, -0.05) is 6.42 Å². The van der Waals surface area contributed by atoms with Gasteiger partial charge in [-0.3, -0.25) is 14.2 Å². The standard InChI is InChI=1S/C12H12BrFN2O2/c13-16-11(18)9-6-8(14)7-10(17)15(9)12(16)4-2-1-3-5-12/h6-7H,1-5H2. The summed E-state index contributed by atoms with van der Waals surface area (Å²) in [6.07, 6.45) is 4.46. The molecule has 3 rings (SSSR count). The van der Waals surface area contributed by atoms with Gasteiger partial charge in [0.25, 0.3) is 11.5 Å². The van der Waals surface area contributed by atoms with Gasteiger partial charge in [0.2, 0.25) is 0 Å². The lowest BCUT2D eigenvalue weighted by Crippen LogP contribution is -2.47. The third-order valence-corrected chi connectivity index (χ3v) is 4.81. The largest absolute Gasteiger partial charge is 0.282 e. The fourth-order valence-electron chi connectivity index (χ4n) is 3.04. The van der Waals surface area contributed by atoms with Gasteiger partial charge >= 0.3 is 0 Å². The van der Waals surface area contributed by atoms with E-state index in [4.69, 9.17) is 0 Å². The number of rotatable bonds is 0. The second-order valence-electron chi connectivity index (χ2n) is 4.86. The predicted molar refractivity (Wildman–Crippen MR) is 66.8 cm³/mol. The first-order chi connectivity index (χ1) is 8.56. The second kappa shape index (κ2) is 3.91. The van der Waals surface area contributed by atoms with Gasteiger partial charge in [-0.25, -0.2) is 8.32 Å². The summed E-state index contributed by atoms with van der Waals surface area (Å²) in [5.41, 5.74) is -0.948. The molecular weight excluding hydrogens is 303 g/mol. The van der Waals surface area contributed by atoms with Crippen LogP contribution in [0.4, 0.5) is 4.39 Å². The summed E-state index contributed by atoms with van der Waals surface area (Å²) in [5.74, 6) is -0.998. The van der Waals surface area contributed by atoms with E-state index in [1.807, 2.05) is 0 Å². The third kappa shape index (κ3) is 1.41. The smallest absolute Gasteiger partial charge is 0.279 e. The molecule has 96 valence electrons. The summed E-state index contributed by atoms with van der Waals surface area (Å²) in [6, 6.07) is 2.08. The van der Waals surface area contributed by atoms with Crippen molar-refractivity contribution in [1.29, 1.82) is 0 Å². The Morgan fingerprint density at radius 3 is 2.50 bits per heavy atom. The highest BCUT2D eigenvalue weighted by molar-refractivity contribution is 9.07. The normalized spacial score (nSPS) is 21.4. The Morgan fingerprint density at radius 2 is 1.83 bits per heavy atom. The first-order valence-corrected chi connectivity index (χ1v) is 6.71. The van der Waals surface area contributed by atoms with E-state index >= 15 is 0 Å². The molecule has 1 aliphatic carbocycles. The van der Waals surface area contributed by atoms with Crippen molar-refractivity contribution < 1.29 is 9.18 Å². The molecule has 2 heterocycles. The Morgan fingerprint density at radius 1 is 1.17 bits per heavy atom.